The Bertz CT molecular complexity index is 1120. The Morgan fingerprint density at radius 3 is 2.14 bits per heavy atom. The molecule has 0 fully saturated rings. The number of carbonyl (C=O) groups is 3. The van der Waals surface area contributed by atoms with Crippen molar-refractivity contribution in [2.24, 2.45) is 0 Å². The van der Waals surface area contributed by atoms with Crippen molar-refractivity contribution in [3.8, 4) is 0 Å². The van der Waals surface area contributed by atoms with Crippen LogP contribution in [0.5, 0.6) is 0 Å². The van der Waals surface area contributed by atoms with Crippen LogP contribution in [-0.4, -0.2) is 24.4 Å². The molecule has 0 saturated heterocycles. The van der Waals surface area contributed by atoms with Gasteiger partial charge in [-0.1, -0.05) is 53.7 Å². The fourth-order valence-electron chi connectivity index (χ4n) is 3.19. The molecule has 0 spiro atoms. The molecule has 0 unspecified atom stereocenters. The summed E-state index contributed by atoms with van der Waals surface area (Å²) in [6.07, 6.45) is 0.566. The van der Waals surface area contributed by atoms with Gasteiger partial charge in [0.15, 0.2) is 6.61 Å². The van der Waals surface area contributed by atoms with Crippen LogP contribution in [0, 0.1) is 0 Å². The zero-order valence-electron chi connectivity index (χ0n) is 19.3. The molecule has 0 aliphatic rings. The summed E-state index contributed by atoms with van der Waals surface area (Å²) < 4.78 is 5.02. The molecule has 8 heteroatoms. The van der Waals surface area contributed by atoms with Crippen LogP contribution in [0.4, 0.5) is 5.69 Å². The molecule has 0 aliphatic heterocycles. The summed E-state index contributed by atoms with van der Waals surface area (Å²) in [7, 11) is 0. The minimum absolute atomic E-state index is 0.0611. The van der Waals surface area contributed by atoms with E-state index in [0.717, 1.165) is 15.4 Å². The van der Waals surface area contributed by atoms with Gasteiger partial charge in [-0.2, -0.15) is 0 Å². The SMILES string of the molecule is C[C@@H](NC(=O)COC(=O)CCCC(=O)Nc1ccc(Sc2ccc(Cl)cc2)cc1)c1ccccc1. The molecule has 2 N–H and O–H groups in total. The molecule has 3 rings (SSSR count). The van der Waals surface area contributed by atoms with E-state index in [1.807, 2.05) is 85.8 Å². The number of rotatable bonds is 11. The molecule has 0 bridgehead atoms. The van der Waals surface area contributed by atoms with Crippen molar-refractivity contribution in [2.45, 2.75) is 42.0 Å². The first-order valence-corrected chi connectivity index (χ1v) is 12.4. The first kappa shape index (κ1) is 26.3. The lowest BCUT2D eigenvalue weighted by Crippen LogP contribution is -2.31. The smallest absolute Gasteiger partial charge is 0.306 e. The molecule has 182 valence electrons. The standard InChI is InChI=1S/C27H27ClN2O4S/c1-19(20-6-3-2-4-7-20)29-26(32)18-34-27(33)9-5-8-25(31)30-22-12-16-24(17-13-22)35-23-14-10-21(28)11-15-23/h2-4,6-7,10-17,19H,5,8-9,18H2,1H3,(H,29,32)(H,30,31)/t19-/m1/s1. The van der Waals surface area contributed by atoms with Crippen LogP contribution in [-0.2, 0) is 19.1 Å². The zero-order valence-corrected chi connectivity index (χ0v) is 20.9. The van der Waals surface area contributed by atoms with Gasteiger partial charge in [-0.15, -0.1) is 0 Å². The Morgan fingerprint density at radius 2 is 1.49 bits per heavy atom. The highest BCUT2D eigenvalue weighted by Crippen LogP contribution is 2.29. The van der Waals surface area contributed by atoms with Crippen LogP contribution in [0.2, 0.25) is 5.02 Å². The molecule has 2 amide bonds. The van der Waals surface area contributed by atoms with Gasteiger partial charge in [0.2, 0.25) is 5.91 Å². The summed E-state index contributed by atoms with van der Waals surface area (Å²) >= 11 is 7.51. The summed E-state index contributed by atoms with van der Waals surface area (Å²) in [5.41, 5.74) is 1.65. The molecular formula is C27H27ClN2O4S. The number of hydrogen-bond acceptors (Lipinski definition) is 5. The monoisotopic (exact) mass is 510 g/mol. The highest BCUT2D eigenvalue weighted by atomic mass is 35.5. The first-order chi connectivity index (χ1) is 16.9. The third-order valence-corrected chi connectivity index (χ3v) is 6.28. The first-order valence-electron chi connectivity index (χ1n) is 11.2. The van der Waals surface area contributed by atoms with Gasteiger partial charge >= 0.3 is 5.97 Å². The second kappa shape index (κ2) is 13.6. The summed E-state index contributed by atoms with van der Waals surface area (Å²) in [5, 5.41) is 6.30. The predicted octanol–water partition coefficient (Wildman–Crippen LogP) is 6.02. The third kappa shape index (κ3) is 9.47. The van der Waals surface area contributed by atoms with E-state index in [9.17, 15) is 14.4 Å². The van der Waals surface area contributed by atoms with Gasteiger partial charge in [0.05, 0.1) is 6.04 Å². The maximum atomic E-state index is 12.2. The Kier molecular flexibility index (Phi) is 10.2. The molecular weight excluding hydrogens is 484 g/mol. The molecule has 3 aromatic carbocycles. The van der Waals surface area contributed by atoms with Gasteiger partial charge in [0, 0.05) is 33.3 Å². The van der Waals surface area contributed by atoms with Gasteiger partial charge in [0.25, 0.3) is 5.91 Å². The summed E-state index contributed by atoms with van der Waals surface area (Å²) in [6.45, 7) is 1.52. The molecule has 0 radical (unpaired) electrons. The molecule has 35 heavy (non-hydrogen) atoms. The van der Waals surface area contributed by atoms with Crippen LogP contribution in [0.25, 0.3) is 0 Å². The Labute approximate surface area is 214 Å². The molecule has 3 aromatic rings. The number of benzene rings is 3. The van der Waals surface area contributed by atoms with E-state index >= 15 is 0 Å². The number of esters is 1. The summed E-state index contributed by atoms with van der Waals surface area (Å²) in [6, 6.07) is 24.4. The van der Waals surface area contributed by atoms with Crippen molar-refractivity contribution < 1.29 is 19.1 Å². The third-order valence-electron chi connectivity index (χ3n) is 5.01. The fourth-order valence-corrected chi connectivity index (χ4v) is 4.13. The van der Waals surface area contributed by atoms with Crippen LogP contribution >= 0.6 is 23.4 Å². The highest BCUT2D eigenvalue weighted by molar-refractivity contribution is 7.99. The predicted molar refractivity (Wildman–Crippen MR) is 138 cm³/mol. The van der Waals surface area contributed by atoms with Crippen LogP contribution in [0.3, 0.4) is 0 Å². The number of hydrogen-bond donors (Lipinski definition) is 2. The fraction of sp³-hybridized carbons (Fsp3) is 0.222. The van der Waals surface area contributed by atoms with E-state index in [1.54, 1.807) is 11.8 Å². The van der Waals surface area contributed by atoms with Crippen LogP contribution < -0.4 is 10.6 Å². The quantitative estimate of drug-likeness (QED) is 0.308. The highest BCUT2D eigenvalue weighted by Gasteiger charge is 2.12. The maximum Gasteiger partial charge on any atom is 0.306 e. The Hall–Kier alpha value is -3.29. The van der Waals surface area contributed by atoms with E-state index in [-0.39, 0.29) is 37.3 Å². The number of nitrogens with one attached hydrogen (secondary N) is 2. The largest absolute Gasteiger partial charge is 0.456 e. The van der Waals surface area contributed by atoms with Crippen molar-refractivity contribution in [3.63, 3.8) is 0 Å². The lowest BCUT2D eigenvalue weighted by atomic mass is 10.1. The average molecular weight is 511 g/mol. The Morgan fingerprint density at radius 1 is 0.857 bits per heavy atom. The van der Waals surface area contributed by atoms with Gasteiger partial charge < -0.3 is 15.4 Å². The van der Waals surface area contributed by atoms with Gasteiger partial charge in [0.1, 0.15) is 0 Å². The van der Waals surface area contributed by atoms with Gasteiger partial charge in [-0.3, -0.25) is 14.4 Å². The van der Waals surface area contributed by atoms with Crippen LogP contribution in [0.1, 0.15) is 37.8 Å². The molecule has 0 heterocycles. The van der Waals surface area contributed by atoms with Crippen molar-refractivity contribution >= 4 is 46.8 Å². The van der Waals surface area contributed by atoms with Crippen molar-refractivity contribution in [3.05, 3.63) is 89.4 Å². The second-order valence-corrected chi connectivity index (χ2v) is 9.43. The second-order valence-electron chi connectivity index (χ2n) is 7.84. The van der Waals surface area contributed by atoms with E-state index in [2.05, 4.69) is 10.6 Å². The molecule has 6 nitrogen and oxygen atoms in total. The number of ether oxygens (including phenoxy) is 1. The van der Waals surface area contributed by atoms with Crippen molar-refractivity contribution in [1.82, 2.24) is 5.32 Å². The van der Waals surface area contributed by atoms with E-state index < -0.39 is 5.97 Å². The topological polar surface area (TPSA) is 84.5 Å². The lowest BCUT2D eigenvalue weighted by molar-refractivity contribution is -0.148. The molecule has 0 saturated carbocycles. The number of carbonyl (C=O) groups excluding carboxylic acids is 3. The van der Waals surface area contributed by atoms with E-state index in [4.69, 9.17) is 16.3 Å². The zero-order chi connectivity index (χ0) is 25.0. The van der Waals surface area contributed by atoms with E-state index in [0.29, 0.717) is 17.1 Å². The normalized spacial score (nSPS) is 11.4. The summed E-state index contributed by atoms with van der Waals surface area (Å²) in [5.74, 6) is -1.07. The number of anilines is 1. The minimum atomic E-state index is -0.510. The summed E-state index contributed by atoms with van der Waals surface area (Å²) in [4.78, 5) is 38.2. The van der Waals surface area contributed by atoms with Gasteiger partial charge in [-0.05, 0) is 67.4 Å². The molecule has 1 atom stereocenters. The van der Waals surface area contributed by atoms with E-state index in [1.165, 1.54) is 0 Å². The maximum absolute atomic E-state index is 12.2. The number of amides is 2. The van der Waals surface area contributed by atoms with Crippen molar-refractivity contribution in [1.29, 1.82) is 0 Å². The van der Waals surface area contributed by atoms with Crippen LogP contribution in [0.15, 0.2) is 88.7 Å². The Balaban J connectivity index is 1.31. The molecule has 0 aliphatic carbocycles. The minimum Gasteiger partial charge on any atom is -0.456 e. The molecule has 0 aromatic heterocycles. The average Bonchev–Trinajstić information content (AvgIpc) is 2.86. The lowest BCUT2D eigenvalue weighted by Gasteiger charge is -2.14. The van der Waals surface area contributed by atoms with Crippen molar-refractivity contribution in [2.75, 3.05) is 11.9 Å². The number of halogens is 1. The van der Waals surface area contributed by atoms with Gasteiger partial charge in [-0.25, -0.2) is 0 Å².